The predicted molar refractivity (Wildman–Crippen MR) is 103 cm³/mol. The number of carbonyl (C=O) groups excluding carboxylic acids is 1. The van der Waals surface area contributed by atoms with Crippen molar-refractivity contribution in [1.29, 1.82) is 5.26 Å². The molecule has 0 radical (unpaired) electrons. The molecule has 0 atom stereocenters. The number of carbonyl (C=O) groups is 1. The summed E-state index contributed by atoms with van der Waals surface area (Å²) in [5.41, 5.74) is 7.39. The third-order valence-corrected chi connectivity index (χ3v) is 4.12. The molecule has 2 rings (SSSR count). The molecule has 1 heterocycles. The molecule has 1 aromatic heterocycles. The molecule has 6 nitrogen and oxygen atoms in total. The Balaban J connectivity index is 1.82. The van der Waals surface area contributed by atoms with Gasteiger partial charge < -0.3 is 10.6 Å². The van der Waals surface area contributed by atoms with Gasteiger partial charge in [0.05, 0.1) is 0 Å². The highest BCUT2D eigenvalue weighted by atomic mass is 35.5. The van der Waals surface area contributed by atoms with Gasteiger partial charge in [-0.2, -0.15) is 5.26 Å². The van der Waals surface area contributed by atoms with E-state index < -0.39 is 0 Å². The number of ketones is 1. The molecule has 7 heteroatoms. The van der Waals surface area contributed by atoms with Crippen LogP contribution in [-0.4, -0.2) is 23.3 Å². The van der Waals surface area contributed by atoms with Crippen LogP contribution in [0.3, 0.4) is 0 Å². The molecule has 26 heavy (non-hydrogen) atoms. The van der Waals surface area contributed by atoms with E-state index in [2.05, 4.69) is 9.98 Å². The first-order chi connectivity index (χ1) is 12.6. The largest absolute Gasteiger partial charge is 0.369 e. The van der Waals surface area contributed by atoms with Crippen molar-refractivity contribution in [2.75, 3.05) is 11.4 Å². The van der Waals surface area contributed by atoms with Gasteiger partial charge in [-0.05, 0) is 49.2 Å². The van der Waals surface area contributed by atoms with Gasteiger partial charge in [0.25, 0.3) is 0 Å². The fourth-order valence-corrected chi connectivity index (χ4v) is 2.65. The highest BCUT2D eigenvalue weighted by Crippen LogP contribution is 2.15. The summed E-state index contributed by atoms with van der Waals surface area (Å²) < 4.78 is 0. The van der Waals surface area contributed by atoms with Crippen molar-refractivity contribution in [3.63, 3.8) is 0 Å². The maximum Gasteiger partial charge on any atom is 0.211 e. The SMILES string of the molecule is N#CN=C(N)N(CCCCCC(=O)c1ccc(Cl)cc1)c1ccncc1. The number of benzene rings is 1. The van der Waals surface area contributed by atoms with Gasteiger partial charge in [-0.15, -0.1) is 4.99 Å². The molecule has 134 valence electrons. The Bertz CT molecular complexity index is 784. The number of pyridine rings is 1. The number of unbranched alkanes of at least 4 members (excludes halogenated alkanes) is 2. The van der Waals surface area contributed by atoms with E-state index >= 15 is 0 Å². The van der Waals surface area contributed by atoms with E-state index in [4.69, 9.17) is 22.6 Å². The minimum Gasteiger partial charge on any atom is -0.369 e. The van der Waals surface area contributed by atoms with Crippen LogP contribution >= 0.6 is 11.6 Å². The predicted octanol–water partition coefficient (Wildman–Crippen LogP) is 3.78. The molecule has 2 aromatic rings. The zero-order valence-corrected chi connectivity index (χ0v) is 15.1. The molecule has 0 bridgehead atoms. The van der Waals surface area contributed by atoms with Crippen LogP contribution in [0.4, 0.5) is 5.69 Å². The van der Waals surface area contributed by atoms with Gasteiger partial charge in [0.1, 0.15) is 0 Å². The first kappa shape index (κ1) is 19.4. The summed E-state index contributed by atoms with van der Waals surface area (Å²) >= 11 is 5.83. The molecule has 0 fully saturated rings. The molecular formula is C19H20ClN5O. The summed E-state index contributed by atoms with van der Waals surface area (Å²) in [5.74, 6) is 0.258. The molecule has 0 spiro atoms. The first-order valence-electron chi connectivity index (χ1n) is 8.30. The number of Topliss-reactive ketones (excluding diaryl/α,β-unsaturated/α-hetero) is 1. The van der Waals surface area contributed by atoms with Crippen molar-refractivity contribution in [2.45, 2.75) is 25.7 Å². The van der Waals surface area contributed by atoms with E-state index in [0.717, 1.165) is 24.9 Å². The second-order valence-corrected chi connectivity index (χ2v) is 6.10. The van der Waals surface area contributed by atoms with Crippen LogP contribution in [0.2, 0.25) is 5.02 Å². The number of aromatic nitrogens is 1. The lowest BCUT2D eigenvalue weighted by Gasteiger charge is -2.22. The molecule has 0 aliphatic heterocycles. The quantitative estimate of drug-likeness (QED) is 0.251. The summed E-state index contributed by atoms with van der Waals surface area (Å²) in [6.45, 7) is 0.607. The number of nitriles is 1. The van der Waals surface area contributed by atoms with Gasteiger partial charge in [-0.1, -0.05) is 18.0 Å². The molecule has 1 aromatic carbocycles. The van der Waals surface area contributed by atoms with Crippen LogP contribution < -0.4 is 10.6 Å². The van der Waals surface area contributed by atoms with E-state index in [9.17, 15) is 4.79 Å². The van der Waals surface area contributed by atoms with Crippen molar-refractivity contribution in [1.82, 2.24) is 4.98 Å². The van der Waals surface area contributed by atoms with Gasteiger partial charge in [-0.25, -0.2) is 0 Å². The number of guanidine groups is 1. The van der Waals surface area contributed by atoms with Gasteiger partial charge >= 0.3 is 0 Å². The van der Waals surface area contributed by atoms with Crippen molar-refractivity contribution >= 4 is 29.0 Å². The fraction of sp³-hybridized carbons (Fsp3) is 0.263. The lowest BCUT2D eigenvalue weighted by atomic mass is 10.0. The summed E-state index contributed by atoms with van der Waals surface area (Å²) in [5, 5.41) is 9.35. The molecule has 0 aliphatic rings. The highest BCUT2D eigenvalue weighted by molar-refractivity contribution is 6.30. The summed E-state index contributed by atoms with van der Waals surface area (Å²) in [6, 6.07) is 10.6. The second kappa shape index (κ2) is 10.2. The summed E-state index contributed by atoms with van der Waals surface area (Å²) in [4.78, 5) is 21.5. The molecule has 0 saturated heterocycles. The molecule has 0 saturated carbocycles. The van der Waals surface area contributed by atoms with E-state index in [0.29, 0.717) is 23.6 Å². The van der Waals surface area contributed by atoms with Crippen LogP contribution in [0, 0.1) is 11.5 Å². The number of nitrogens with two attached hydrogens (primary N) is 1. The van der Waals surface area contributed by atoms with Crippen molar-refractivity contribution < 1.29 is 4.79 Å². The topological polar surface area (TPSA) is 95.4 Å². The number of hydrogen-bond donors (Lipinski definition) is 1. The van der Waals surface area contributed by atoms with Gasteiger partial charge in [0, 0.05) is 41.6 Å². The number of aliphatic imine (C=N–C) groups is 1. The Kier molecular flexibility index (Phi) is 7.59. The lowest BCUT2D eigenvalue weighted by molar-refractivity contribution is 0.0979. The van der Waals surface area contributed by atoms with Crippen molar-refractivity contribution in [3.05, 3.63) is 59.4 Å². The van der Waals surface area contributed by atoms with Gasteiger partial charge in [-0.3, -0.25) is 9.78 Å². The standard InChI is InChI=1S/C19H20ClN5O/c20-16-7-5-15(6-8-16)18(26)4-2-1-3-13-25(19(22)24-14-21)17-9-11-23-12-10-17/h5-12H,1-4,13H2,(H2,22,24). The van der Waals surface area contributed by atoms with Crippen LogP contribution in [0.15, 0.2) is 53.8 Å². The number of rotatable bonds is 8. The van der Waals surface area contributed by atoms with Gasteiger partial charge in [0.2, 0.25) is 12.2 Å². The average Bonchev–Trinajstić information content (AvgIpc) is 2.66. The van der Waals surface area contributed by atoms with Crippen molar-refractivity contribution in [3.8, 4) is 6.19 Å². The van der Waals surface area contributed by atoms with E-state index in [1.165, 1.54) is 0 Å². The number of halogens is 1. The summed E-state index contributed by atoms with van der Waals surface area (Å²) in [7, 11) is 0. The van der Waals surface area contributed by atoms with E-state index in [-0.39, 0.29) is 11.7 Å². The third-order valence-electron chi connectivity index (χ3n) is 3.87. The molecular weight excluding hydrogens is 350 g/mol. The number of hydrogen-bond acceptors (Lipinski definition) is 4. The smallest absolute Gasteiger partial charge is 0.211 e. The average molecular weight is 370 g/mol. The first-order valence-corrected chi connectivity index (χ1v) is 8.68. The van der Waals surface area contributed by atoms with E-state index in [1.807, 2.05) is 12.1 Å². The highest BCUT2D eigenvalue weighted by Gasteiger charge is 2.11. The lowest BCUT2D eigenvalue weighted by Crippen LogP contribution is -2.38. The monoisotopic (exact) mass is 369 g/mol. The Hall–Kier alpha value is -2.91. The minimum atomic E-state index is 0.109. The van der Waals surface area contributed by atoms with Crippen LogP contribution in [0.5, 0.6) is 0 Å². The Morgan fingerprint density at radius 1 is 1.15 bits per heavy atom. The zero-order chi connectivity index (χ0) is 18.8. The maximum absolute atomic E-state index is 12.1. The minimum absolute atomic E-state index is 0.109. The molecule has 2 N–H and O–H groups in total. The fourth-order valence-electron chi connectivity index (χ4n) is 2.52. The second-order valence-electron chi connectivity index (χ2n) is 5.67. The number of anilines is 1. The van der Waals surface area contributed by atoms with Crippen LogP contribution in [-0.2, 0) is 0 Å². The van der Waals surface area contributed by atoms with Crippen LogP contribution in [0.1, 0.15) is 36.0 Å². The molecule has 0 amide bonds. The summed E-state index contributed by atoms with van der Waals surface area (Å²) in [6.07, 6.45) is 7.97. The van der Waals surface area contributed by atoms with Gasteiger partial charge in [0.15, 0.2) is 5.78 Å². The Labute approximate surface area is 157 Å². The maximum atomic E-state index is 12.1. The Morgan fingerprint density at radius 3 is 2.50 bits per heavy atom. The normalized spacial score (nSPS) is 11.0. The number of nitrogens with zero attached hydrogens (tertiary/aromatic N) is 4. The van der Waals surface area contributed by atoms with E-state index in [1.54, 1.807) is 47.8 Å². The zero-order valence-electron chi connectivity index (χ0n) is 14.3. The molecule has 0 unspecified atom stereocenters. The third kappa shape index (κ3) is 5.87. The molecule has 0 aliphatic carbocycles. The Morgan fingerprint density at radius 2 is 1.85 bits per heavy atom. The van der Waals surface area contributed by atoms with Crippen LogP contribution in [0.25, 0.3) is 0 Å². The van der Waals surface area contributed by atoms with Crippen molar-refractivity contribution in [2.24, 2.45) is 10.7 Å².